The first-order valence-electron chi connectivity index (χ1n) is 2.93. The predicted molar refractivity (Wildman–Crippen MR) is 26.1 cm³/mol. The van der Waals surface area contributed by atoms with Crippen molar-refractivity contribution in [3.05, 3.63) is 0 Å². The van der Waals surface area contributed by atoms with Crippen LogP contribution in [0.4, 0.5) is 0 Å². The normalized spacial score (nSPS) is 72.0. The highest BCUT2D eigenvalue weighted by Crippen LogP contribution is 2.53. The Morgan fingerprint density at radius 3 is 2.57 bits per heavy atom. The lowest BCUT2D eigenvalue weighted by atomic mass is 10.3. The van der Waals surface area contributed by atoms with E-state index in [4.69, 9.17) is 0 Å². The Balaban J connectivity index is 2.12. The molecule has 0 aromatic rings. The Morgan fingerprint density at radius 2 is 2.43 bits per heavy atom. The third kappa shape index (κ3) is 0.173. The Bertz CT molecular complexity index is 112. The van der Waals surface area contributed by atoms with Crippen LogP contribution in [-0.2, 0) is 0 Å². The van der Waals surface area contributed by atoms with E-state index in [0.29, 0.717) is 5.54 Å². The van der Waals surface area contributed by atoms with Crippen molar-refractivity contribution in [2.45, 2.75) is 24.0 Å². The molecule has 2 aliphatic heterocycles. The average molecular weight is 96.1 g/mol. The van der Waals surface area contributed by atoms with Gasteiger partial charge in [-0.05, 0) is 6.42 Å². The molecule has 3 fully saturated rings. The Kier molecular flexibility index (Phi) is 0.246. The summed E-state index contributed by atoms with van der Waals surface area (Å²) < 4.78 is 0. The van der Waals surface area contributed by atoms with Crippen molar-refractivity contribution in [3.63, 3.8) is 0 Å². The van der Waals surface area contributed by atoms with Gasteiger partial charge < -0.3 is 10.6 Å². The summed E-state index contributed by atoms with van der Waals surface area (Å²) in [6, 6.07) is 1.75. The highest BCUT2D eigenvalue weighted by atomic mass is 15.4. The maximum atomic E-state index is 3.46. The third-order valence-electron chi connectivity index (χ3n) is 2.55. The van der Waals surface area contributed by atoms with E-state index in [1.165, 1.54) is 13.0 Å². The molecule has 1 saturated carbocycles. The van der Waals surface area contributed by atoms with Crippen LogP contribution in [0.5, 0.6) is 0 Å². The maximum absolute atomic E-state index is 3.46. The molecule has 0 aromatic heterocycles. The summed E-state index contributed by atoms with van der Waals surface area (Å²) >= 11 is 0. The minimum Gasteiger partial charge on any atom is -0.310 e. The Morgan fingerprint density at radius 1 is 1.43 bits per heavy atom. The van der Waals surface area contributed by atoms with E-state index in [0.717, 1.165) is 12.1 Å². The molecular weight excluding hydrogens is 88.1 g/mol. The molecule has 0 aromatic carbocycles. The van der Waals surface area contributed by atoms with Crippen LogP contribution >= 0.6 is 0 Å². The van der Waals surface area contributed by atoms with Gasteiger partial charge in [-0.3, -0.25) is 0 Å². The van der Waals surface area contributed by atoms with Crippen LogP contribution in [0.3, 0.4) is 0 Å². The van der Waals surface area contributed by atoms with Crippen LogP contribution in [-0.4, -0.2) is 24.2 Å². The fraction of sp³-hybridized carbons (Fsp3) is 1.00. The van der Waals surface area contributed by atoms with Gasteiger partial charge >= 0.3 is 0 Å². The molecular formula is C5H8N2. The second-order valence-electron chi connectivity index (χ2n) is 2.90. The van der Waals surface area contributed by atoms with Gasteiger partial charge in [0.2, 0.25) is 0 Å². The first-order chi connectivity index (χ1) is 3.42. The molecule has 3 rings (SSSR count). The highest BCUT2D eigenvalue weighted by Gasteiger charge is 2.74. The number of hydrogen-bond acceptors (Lipinski definition) is 2. The molecule has 2 N–H and O–H groups in total. The summed E-state index contributed by atoms with van der Waals surface area (Å²) in [6.45, 7) is 1.23. The number of piperidine rings is 1. The molecule has 1 spiro atoms. The number of hydrogen-bond donors (Lipinski definition) is 2. The summed E-state index contributed by atoms with van der Waals surface area (Å²) in [4.78, 5) is 0. The van der Waals surface area contributed by atoms with Gasteiger partial charge in [-0.25, -0.2) is 0 Å². The lowest BCUT2D eigenvalue weighted by molar-refractivity contribution is 0.704. The summed E-state index contributed by atoms with van der Waals surface area (Å²) in [6.07, 6.45) is 1.40. The quantitative estimate of drug-likeness (QED) is 0.382. The molecule has 2 heterocycles. The molecule has 3 unspecified atom stereocenters. The molecule has 3 atom stereocenters. The Labute approximate surface area is 42.3 Å². The highest BCUT2D eigenvalue weighted by molar-refractivity contribution is 5.38. The lowest BCUT2D eigenvalue weighted by Crippen LogP contribution is -2.20. The van der Waals surface area contributed by atoms with Gasteiger partial charge in [0.1, 0.15) is 0 Å². The van der Waals surface area contributed by atoms with Crippen LogP contribution in [0.1, 0.15) is 6.42 Å². The second-order valence-corrected chi connectivity index (χ2v) is 2.90. The smallest absolute Gasteiger partial charge is 0.0522 e. The zero-order valence-electron chi connectivity index (χ0n) is 4.07. The van der Waals surface area contributed by atoms with E-state index < -0.39 is 0 Å². The van der Waals surface area contributed by atoms with Crippen LogP contribution in [0, 0.1) is 0 Å². The molecule has 0 bridgehead atoms. The van der Waals surface area contributed by atoms with E-state index in [9.17, 15) is 0 Å². The molecule has 2 heteroatoms. The Hall–Kier alpha value is -0.0800. The van der Waals surface area contributed by atoms with Gasteiger partial charge in [0.05, 0.1) is 5.54 Å². The second kappa shape index (κ2) is 0.565. The van der Waals surface area contributed by atoms with Gasteiger partial charge in [0.25, 0.3) is 0 Å². The average Bonchev–Trinajstić information content (AvgIpc) is 2.49. The summed E-state index contributed by atoms with van der Waals surface area (Å²) in [7, 11) is 0. The van der Waals surface area contributed by atoms with E-state index >= 15 is 0 Å². The summed E-state index contributed by atoms with van der Waals surface area (Å²) in [5.41, 5.74) is 0.667. The third-order valence-corrected chi connectivity index (χ3v) is 2.55. The molecule has 1 aliphatic carbocycles. The zero-order valence-corrected chi connectivity index (χ0v) is 4.07. The van der Waals surface area contributed by atoms with Crippen LogP contribution in [0.25, 0.3) is 0 Å². The number of nitrogens with one attached hydrogen (secondary N) is 2. The molecule has 38 valence electrons. The first-order valence-corrected chi connectivity index (χ1v) is 2.93. The predicted octanol–water partition coefficient (Wildman–Crippen LogP) is -0.928. The molecule has 2 saturated heterocycles. The van der Waals surface area contributed by atoms with Gasteiger partial charge in [-0.1, -0.05) is 0 Å². The fourth-order valence-corrected chi connectivity index (χ4v) is 1.85. The number of rotatable bonds is 0. The summed E-state index contributed by atoms with van der Waals surface area (Å²) in [5.74, 6) is 0. The molecule has 0 radical (unpaired) electrons. The van der Waals surface area contributed by atoms with Gasteiger partial charge in [0, 0.05) is 18.6 Å². The van der Waals surface area contributed by atoms with Crippen molar-refractivity contribution in [1.29, 1.82) is 0 Å². The van der Waals surface area contributed by atoms with Crippen molar-refractivity contribution in [3.8, 4) is 0 Å². The topological polar surface area (TPSA) is 34.0 Å². The fourth-order valence-electron chi connectivity index (χ4n) is 1.85. The maximum Gasteiger partial charge on any atom is 0.0522 e. The minimum absolute atomic E-state index is 0.667. The van der Waals surface area contributed by atoms with Crippen molar-refractivity contribution in [2.24, 2.45) is 0 Å². The largest absolute Gasteiger partial charge is 0.310 e. The first kappa shape index (κ1) is 3.05. The zero-order chi connectivity index (χ0) is 4.48. The van der Waals surface area contributed by atoms with Crippen molar-refractivity contribution < 1.29 is 0 Å². The van der Waals surface area contributed by atoms with Crippen molar-refractivity contribution >= 4 is 0 Å². The van der Waals surface area contributed by atoms with Gasteiger partial charge in [-0.2, -0.15) is 0 Å². The SMILES string of the molecule is C1NC2CC23NC13. The standard InChI is InChI=1S/C5H8N2/c1-3-5(1)4(7-5)2-6-3/h3-4,6-7H,1-2H2. The van der Waals surface area contributed by atoms with E-state index in [1.54, 1.807) is 0 Å². The van der Waals surface area contributed by atoms with Crippen LogP contribution in [0.2, 0.25) is 0 Å². The van der Waals surface area contributed by atoms with E-state index in [1.807, 2.05) is 0 Å². The van der Waals surface area contributed by atoms with E-state index in [-0.39, 0.29) is 0 Å². The van der Waals surface area contributed by atoms with Crippen molar-refractivity contribution in [1.82, 2.24) is 10.6 Å². The van der Waals surface area contributed by atoms with Crippen LogP contribution < -0.4 is 10.6 Å². The lowest BCUT2D eigenvalue weighted by Gasteiger charge is -1.90. The molecule has 3 aliphatic rings. The summed E-state index contributed by atoms with van der Waals surface area (Å²) in [5, 5.41) is 6.88. The molecule has 7 heavy (non-hydrogen) atoms. The van der Waals surface area contributed by atoms with Gasteiger partial charge in [0.15, 0.2) is 0 Å². The monoisotopic (exact) mass is 96.1 g/mol. The van der Waals surface area contributed by atoms with Crippen LogP contribution in [0.15, 0.2) is 0 Å². The molecule has 0 amide bonds. The number of piperazine rings is 1. The van der Waals surface area contributed by atoms with E-state index in [2.05, 4.69) is 10.6 Å². The molecule has 2 nitrogen and oxygen atoms in total. The van der Waals surface area contributed by atoms with Gasteiger partial charge in [-0.15, -0.1) is 0 Å². The van der Waals surface area contributed by atoms with Crippen molar-refractivity contribution in [2.75, 3.05) is 6.54 Å². The minimum atomic E-state index is 0.667.